The van der Waals surface area contributed by atoms with E-state index in [4.69, 9.17) is 21.4 Å². The van der Waals surface area contributed by atoms with Gasteiger partial charge >= 0.3 is 0 Å². The molecule has 2 nitrogen and oxygen atoms in total. The largest absolute Gasteiger partial charge is 0.389 e. The third-order valence-electron chi connectivity index (χ3n) is 2.38. The molecule has 1 aliphatic carbocycles. The molecule has 0 aromatic rings. The Morgan fingerprint density at radius 2 is 2.25 bits per heavy atom. The van der Waals surface area contributed by atoms with E-state index in [1.807, 2.05) is 0 Å². The molecule has 1 rings (SSSR count). The van der Waals surface area contributed by atoms with Crippen molar-refractivity contribution in [1.82, 2.24) is 0 Å². The number of alkyl halides is 1. The summed E-state index contributed by atoms with van der Waals surface area (Å²) in [5.74, 6) is 1.15. The minimum atomic E-state index is -0.493. The van der Waals surface area contributed by atoms with E-state index in [-0.39, 0.29) is 5.88 Å². The molecular weight excluding hydrogens is 176 g/mol. The Morgan fingerprint density at radius 1 is 1.50 bits per heavy atom. The molecule has 0 heterocycles. The molecule has 1 unspecified atom stereocenters. The van der Waals surface area contributed by atoms with Gasteiger partial charge in [0.25, 0.3) is 0 Å². The summed E-state index contributed by atoms with van der Waals surface area (Å²) in [6.07, 6.45) is 4.76. The summed E-state index contributed by atoms with van der Waals surface area (Å²) >= 11 is 5.40. The Bertz CT molecular complexity index is 108. The van der Waals surface area contributed by atoms with Crippen LogP contribution in [0.1, 0.15) is 25.7 Å². The van der Waals surface area contributed by atoms with E-state index in [1.54, 1.807) is 0 Å². The van der Waals surface area contributed by atoms with E-state index in [0.29, 0.717) is 6.61 Å². The molecule has 0 aromatic heterocycles. The van der Waals surface area contributed by atoms with E-state index in [9.17, 15) is 0 Å². The average Bonchev–Trinajstić information content (AvgIpc) is 2.00. The third kappa shape index (κ3) is 3.74. The number of aliphatic hydroxyl groups is 1. The van der Waals surface area contributed by atoms with Crippen LogP contribution in [0.3, 0.4) is 0 Å². The summed E-state index contributed by atoms with van der Waals surface area (Å²) in [6.45, 7) is 1.16. The quantitative estimate of drug-likeness (QED) is 0.514. The van der Waals surface area contributed by atoms with Crippen LogP contribution in [-0.2, 0) is 4.74 Å². The van der Waals surface area contributed by atoms with Gasteiger partial charge in [0, 0.05) is 6.61 Å². The molecule has 1 aliphatic rings. The molecule has 0 saturated heterocycles. The highest BCUT2D eigenvalue weighted by molar-refractivity contribution is 6.18. The van der Waals surface area contributed by atoms with Crippen LogP contribution in [0.2, 0.25) is 0 Å². The zero-order valence-electron chi connectivity index (χ0n) is 7.34. The van der Waals surface area contributed by atoms with Gasteiger partial charge in [0.2, 0.25) is 0 Å². The number of ether oxygens (including phenoxy) is 1. The second-order valence-electron chi connectivity index (χ2n) is 3.47. The average molecular weight is 193 g/mol. The van der Waals surface area contributed by atoms with Crippen molar-refractivity contribution in [3.05, 3.63) is 0 Å². The van der Waals surface area contributed by atoms with Crippen molar-refractivity contribution in [3.63, 3.8) is 0 Å². The first kappa shape index (κ1) is 10.3. The van der Waals surface area contributed by atoms with Gasteiger partial charge in [-0.05, 0) is 12.3 Å². The van der Waals surface area contributed by atoms with E-state index in [1.165, 1.54) is 19.3 Å². The van der Waals surface area contributed by atoms with Crippen molar-refractivity contribution in [1.29, 1.82) is 0 Å². The summed E-state index contributed by atoms with van der Waals surface area (Å²) in [6, 6.07) is 0. The van der Waals surface area contributed by atoms with Crippen molar-refractivity contribution in [2.45, 2.75) is 31.8 Å². The molecule has 0 radical (unpaired) electrons. The summed E-state index contributed by atoms with van der Waals surface area (Å²) in [5, 5.41) is 9.04. The summed E-state index contributed by atoms with van der Waals surface area (Å²) < 4.78 is 5.26. The normalized spacial score (nSPS) is 20.5. The molecule has 0 aromatic carbocycles. The van der Waals surface area contributed by atoms with Crippen molar-refractivity contribution in [2.24, 2.45) is 5.92 Å². The van der Waals surface area contributed by atoms with Crippen LogP contribution in [0.15, 0.2) is 0 Å². The van der Waals surface area contributed by atoms with Crippen LogP contribution >= 0.6 is 11.6 Å². The Kier molecular flexibility index (Phi) is 4.96. The zero-order chi connectivity index (χ0) is 8.81. The van der Waals surface area contributed by atoms with Gasteiger partial charge in [-0.25, -0.2) is 0 Å². The van der Waals surface area contributed by atoms with Gasteiger partial charge < -0.3 is 9.84 Å². The Balaban J connectivity index is 1.82. The van der Waals surface area contributed by atoms with Gasteiger partial charge in [-0.2, -0.15) is 0 Å². The van der Waals surface area contributed by atoms with Crippen molar-refractivity contribution in [3.8, 4) is 0 Å². The molecule has 3 heteroatoms. The summed E-state index contributed by atoms with van der Waals surface area (Å²) in [4.78, 5) is 0. The van der Waals surface area contributed by atoms with E-state index in [0.717, 1.165) is 18.9 Å². The first-order valence-electron chi connectivity index (χ1n) is 4.64. The van der Waals surface area contributed by atoms with Crippen LogP contribution in [0, 0.1) is 5.92 Å². The van der Waals surface area contributed by atoms with E-state index < -0.39 is 6.10 Å². The minimum Gasteiger partial charge on any atom is -0.389 e. The first-order chi connectivity index (χ1) is 5.83. The number of hydrogen-bond donors (Lipinski definition) is 1. The Morgan fingerprint density at radius 3 is 2.75 bits per heavy atom. The zero-order valence-corrected chi connectivity index (χ0v) is 8.09. The van der Waals surface area contributed by atoms with Gasteiger partial charge in [0.15, 0.2) is 0 Å². The van der Waals surface area contributed by atoms with Crippen molar-refractivity contribution in [2.75, 3.05) is 19.1 Å². The molecule has 72 valence electrons. The number of rotatable bonds is 6. The van der Waals surface area contributed by atoms with E-state index >= 15 is 0 Å². The maximum Gasteiger partial charge on any atom is 0.0908 e. The number of aliphatic hydroxyl groups excluding tert-OH is 1. The molecule has 0 spiro atoms. The second kappa shape index (κ2) is 5.79. The highest BCUT2D eigenvalue weighted by Crippen LogP contribution is 2.28. The molecule has 0 aliphatic heterocycles. The minimum absolute atomic E-state index is 0.267. The lowest BCUT2D eigenvalue weighted by Crippen LogP contribution is -2.19. The van der Waals surface area contributed by atoms with Gasteiger partial charge in [0.1, 0.15) is 0 Å². The lowest BCUT2D eigenvalue weighted by atomic mass is 9.83. The van der Waals surface area contributed by atoms with Crippen molar-refractivity contribution < 1.29 is 9.84 Å². The SMILES string of the molecule is OC(CCl)COCCC1CCC1. The molecule has 1 saturated carbocycles. The molecule has 0 amide bonds. The molecule has 1 atom stereocenters. The fourth-order valence-electron chi connectivity index (χ4n) is 1.30. The van der Waals surface area contributed by atoms with Gasteiger partial charge in [-0.3, -0.25) is 0 Å². The van der Waals surface area contributed by atoms with Gasteiger partial charge in [0.05, 0.1) is 18.6 Å². The van der Waals surface area contributed by atoms with Crippen molar-refractivity contribution >= 4 is 11.6 Å². The fraction of sp³-hybridized carbons (Fsp3) is 1.00. The molecule has 1 fully saturated rings. The van der Waals surface area contributed by atoms with Gasteiger partial charge in [-0.1, -0.05) is 19.3 Å². The van der Waals surface area contributed by atoms with Crippen LogP contribution in [0.5, 0.6) is 0 Å². The number of hydrogen-bond acceptors (Lipinski definition) is 2. The summed E-state index contributed by atoms with van der Waals surface area (Å²) in [5.41, 5.74) is 0. The highest BCUT2D eigenvalue weighted by atomic mass is 35.5. The van der Waals surface area contributed by atoms with Gasteiger partial charge in [-0.15, -0.1) is 11.6 Å². The number of halogens is 1. The predicted molar refractivity (Wildman–Crippen MR) is 49.5 cm³/mol. The van der Waals surface area contributed by atoms with Crippen LogP contribution in [-0.4, -0.2) is 30.3 Å². The Labute approximate surface area is 78.9 Å². The molecule has 1 N–H and O–H groups in total. The lowest BCUT2D eigenvalue weighted by Gasteiger charge is -2.25. The lowest BCUT2D eigenvalue weighted by molar-refractivity contribution is 0.0372. The standard InChI is InChI=1S/C9H17ClO2/c10-6-9(11)7-12-5-4-8-2-1-3-8/h8-9,11H,1-7H2. The van der Waals surface area contributed by atoms with Crippen LogP contribution < -0.4 is 0 Å². The smallest absolute Gasteiger partial charge is 0.0908 e. The molecule has 0 bridgehead atoms. The topological polar surface area (TPSA) is 29.5 Å². The van der Waals surface area contributed by atoms with E-state index in [2.05, 4.69) is 0 Å². The third-order valence-corrected chi connectivity index (χ3v) is 2.74. The van der Waals surface area contributed by atoms with Crippen LogP contribution in [0.4, 0.5) is 0 Å². The molecule has 12 heavy (non-hydrogen) atoms. The summed E-state index contributed by atoms with van der Waals surface area (Å²) in [7, 11) is 0. The fourth-order valence-corrected chi connectivity index (χ4v) is 1.38. The highest BCUT2D eigenvalue weighted by Gasteiger charge is 2.16. The second-order valence-corrected chi connectivity index (χ2v) is 3.78. The predicted octanol–water partition coefficient (Wildman–Crippen LogP) is 1.79. The molecular formula is C9H17ClO2. The Hall–Kier alpha value is 0.210. The maximum atomic E-state index is 9.04. The first-order valence-corrected chi connectivity index (χ1v) is 5.18. The monoisotopic (exact) mass is 192 g/mol. The van der Waals surface area contributed by atoms with Crippen LogP contribution in [0.25, 0.3) is 0 Å². The maximum absolute atomic E-state index is 9.04.